The number of sulfonamides is 1. The van der Waals surface area contributed by atoms with E-state index in [2.05, 4.69) is 40.1 Å². The molecule has 3 aromatic heterocycles. The standard InChI is InChI=1S/C22H30N10O3S/c1-14-13-32(36(4,33)34)8-7-31(14)6-5-16-9-18(20-27-15(2)28-21(23)30-20)19(24-10-16)29-17-11-25-22(35-3)26-12-17/h9-12,14H,5-8,13H2,1-4H3,(H,24,29)(H2,23,27,28,30). The highest BCUT2D eigenvalue weighted by Crippen LogP contribution is 2.28. The smallest absolute Gasteiger partial charge is 0.316 e. The molecule has 0 amide bonds. The number of aromatic nitrogens is 6. The minimum absolute atomic E-state index is 0.114. The fraction of sp³-hybridized carbons (Fsp3) is 0.455. The molecule has 1 fully saturated rings. The van der Waals surface area contributed by atoms with E-state index < -0.39 is 10.0 Å². The molecule has 0 bridgehead atoms. The summed E-state index contributed by atoms with van der Waals surface area (Å²) in [5.74, 6) is 1.55. The van der Waals surface area contributed by atoms with Gasteiger partial charge < -0.3 is 15.8 Å². The number of rotatable bonds is 8. The van der Waals surface area contributed by atoms with Crippen LogP contribution in [0.4, 0.5) is 17.5 Å². The van der Waals surface area contributed by atoms with Crippen LogP contribution in [0.15, 0.2) is 24.7 Å². The van der Waals surface area contributed by atoms with Gasteiger partial charge in [-0.15, -0.1) is 0 Å². The van der Waals surface area contributed by atoms with Gasteiger partial charge in [-0.3, -0.25) is 4.90 Å². The van der Waals surface area contributed by atoms with Crippen LogP contribution in [0.5, 0.6) is 6.01 Å². The molecule has 3 N–H and O–H groups in total. The zero-order valence-electron chi connectivity index (χ0n) is 20.7. The zero-order valence-corrected chi connectivity index (χ0v) is 21.5. The molecule has 36 heavy (non-hydrogen) atoms. The van der Waals surface area contributed by atoms with Crippen molar-refractivity contribution in [3.05, 3.63) is 36.0 Å². The molecule has 4 rings (SSSR count). The molecule has 192 valence electrons. The quantitative estimate of drug-likeness (QED) is 0.436. The van der Waals surface area contributed by atoms with E-state index in [1.54, 1.807) is 25.5 Å². The van der Waals surface area contributed by atoms with E-state index in [9.17, 15) is 8.42 Å². The maximum Gasteiger partial charge on any atom is 0.316 e. The summed E-state index contributed by atoms with van der Waals surface area (Å²) in [6.07, 6.45) is 6.96. The largest absolute Gasteiger partial charge is 0.467 e. The average molecular weight is 515 g/mol. The molecular formula is C22H30N10O3S. The molecule has 0 aromatic carbocycles. The first-order valence-corrected chi connectivity index (χ1v) is 13.3. The molecular weight excluding hydrogens is 484 g/mol. The Morgan fingerprint density at radius 2 is 1.89 bits per heavy atom. The monoisotopic (exact) mass is 514 g/mol. The Morgan fingerprint density at radius 1 is 1.14 bits per heavy atom. The number of aryl methyl sites for hydroxylation is 1. The number of nitrogens with zero attached hydrogens (tertiary/aromatic N) is 8. The number of ether oxygens (including phenoxy) is 1. The van der Waals surface area contributed by atoms with Crippen LogP contribution in [0, 0.1) is 6.92 Å². The molecule has 3 aromatic rings. The lowest BCUT2D eigenvalue weighted by Gasteiger charge is -2.38. The first-order valence-electron chi connectivity index (χ1n) is 11.4. The third-order valence-corrected chi connectivity index (χ3v) is 7.18. The van der Waals surface area contributed by atoms with E-state index in [-0.39, 0.29) is 18.0 Å². The Morgan fingerprint density at radius 3 is 2.53 bits per heavy atom. The highest BCUT2D eigenvalue weighted by atomic mass is 32.2. The number of nitrogens with two attached hydrogens (primary N) is 1. The lowest BCUT2D eigenvalue weighted by molar-refractivity contribution is 0.131. The van der Waals surface area contributed by atoms with E-state index in [0.29, 0.717) is 54.8 Å². The number of hydrogen-bond acceptors (Lipinski definition) is 12. The number of hydrogen-bond donors (Lipinski definition) is 2. The molecule has 0 radical (unpaired) electrons. The van der Waals surface area contributed by atoms with Gasteiger partial charge in [0.25, 0.3) is 0 Å². The summed E-state index contributed by atoms with van der Waals surface area (Å²) in [5.41, 5.74) is 8.16. The predicted molar refractivity (Wildman–Crippen MR) is 135 cm³/mol. The van der Waals surface area contributed by atoms with E-state index in [1.807, 2.05) is 13.0 Å². The molecule has 0 spiro atoms. The summed E-state index contributed by atoms with van der Waals surface area (Å²) in [4.78, 5) is 28.0. The highest BCUT2D eigenvalue weighted by Gasteiger charge is 2.28. The fourth-order valence-corrected chi connectivity index (χ4v) is 4.93. The van der Waals surface area contributed by atoms with Crippen LogP contribution in [0.25, 0.3) is 11.4 Å². The van der Waals surface area contributed by atoms with Gasteiger partial charge in [0.2, 0.25) is 16.0 Å². The maximum atomic E-state index is 11.9. The van der Waals surface area contributed by atoms with E-state index in [0.717, 1.165) is 12.1 Å². The van der Waals surface area contributed by atoms with Gasteiger partial charge in [-0.25, -0.2) is 28.4 Å². The molecule has 0 aliphatic carbocycles. The van der Waals surface area contributed by atoms with Gasteiger partial charge in [-0.1, -0.05) is 0 Å². The van der Waals surface area contributed by atoms with Crippen LogP contribution >= 0.6 is 0 Å². The molecule has 1 aliphatic rings. The maximum absolute atomic E-state index is 11.9. The van der Waals surface area contributed by atoms with Crippen molar-refractivity contribution in [2.75, 3.05) is 50.6 Å². The molecule has 4 heterocycles. The van der Waals surface area contributed by atoms with E-state index >= 15 is 0 Å². The summed E-state index contributed by atoms with van der Waals surface area (Å²) in [7, 11) is -1.68. The normalized spacial score (nSPS) is 17.2. The number of anilines is 3. The number of nitrogen functional groups attached to an aromatic ring is 1. The van der Waals surface area contributed by atoms with Crippen LogP contribution in [-0.2, 0) is 16.4 Å². The molecule has 0 saturated carbocycles. The topological polar surface area (TPSA) is 165 Å². The number of nitrogens with one attached hydrogen (secondary N) is 1. The summed E-state index contributed by atoms with van der Waals surface area (Å²) >= 11 is 0. The summed E-state index contributed by atoms with van der Waals surface area (Å²) in [6, 6.07) is 2.35. The molecule has 1 atom stereocenters. The van der Waals surface area contributed by atoms with Gasteiger partial charge in [0.1, 0.15) is 11.6 Å². The molecule has 1 unspecified atom stereocenters. The lowest BCUT2D eigenvalue weighted by atomic mass is 10.1. The van der Waals surface area contributed by atoms with E-state index in [1.165, 1.54) is 17.7 Å². The van der Waals surface area contributed by atoms with Crippen LogP contribution in [-0.4, -0.2) is 93.1 Å². The number of methoxy groups -OCH3 is 1. The van der Waals surface area contributed by atoms with E-state index in [4.69, 9.17) is 10.5 Å². The minimum Gasteiger partial charge on any atom is -0.467 e. The van der Waals surface area contributed by atoms with Crippen molar-refractivity contribution in [3.63, 3.8) is 0 Å². The molecule has 14 heteroatoms. The Labute approximate surface area is 210 Å². The van der Waals surface area contributed by atoms with Crippen LogP contribution in [0.1, 0.15) is 18.3 Å². The van der Waals surface area contributed by atoms with Crippen molar-refractivity contribution >= 4 is 27.5 Å². The Balaban J connectivity index is 1.56. The van der Waals surface area contributed by atoms with Gasteiger partial charge in [0.15, 0.2) is 5.82 Å². The van der Waals surface area contributed by atoms with Crippen molar-refractivity contribution in [1.29, 1.82) is 0 Å². The predicted octanol–water partition coefficient (Wildman–Crippen LogP) is 0.875. The number of pyridine rings is 1. The number of piperazine rings is 1. The molecule has 1 aliphatic heterocycles. The van der Waals surface area contributed by atoms with Gasteiger partial charge in [0, 0.05) is 38.4 Å². The van der Waals surface area contributed by atoms with Gasteiger partial charge >= 0.3 is 6.01 Å². The minimum atomic E-state index is -3.18. The van der Waals surface area contributed by atoms with Gasteiger partial charge in [0.05, 0.1) is 37.0 Å². The second-order valence-corrected chi connectivity index (χ2v) is 10.6. The summed E-state index contributed by atoms with van der Waals surface area (Å²) in [6.45, 7) is 6.20. The van der Waals surface area contributed by atoms with Crippen LogP contribution < -0.4 is 15.8 Å². The lowest BCUT2D eigenvalue weighted by Crippen LogP contribution is -2.53. The van der Waals surface area contributed by atoms with Crippen molar-refractivity contribution in [1.82, 2.24) is 39.1 Å². The van der Waals surface area contributed by atoms with Crippen molar-refractivity contribution in [2.45, 2.75) is 26.3 Å². The first kappa shape index (κ1) is 25.6. The van der Waals surface area contributed by atoms with Gasteiger partial charge in [-0.05, 0) is 31.9 Å². The summed E-state index contributed by atoms with van der Waals surface area (Å²) in [5, 5.41) is 3.21. The van der Waals surface area contributed by atoms with Crippen molar-refractivity contribution in [2.24, 2.45) is 0 Å². The Kier molecular flexibility index (Phi) is 7.56. The second kappa shape index (κ2) is 10.6. The second-order valence-electron chi connectivity index (χ2n) is 8.64. The van der Waals surface area contributed by atoms with Crippen LogP contribution in [0.3, 0.4) is 0 Å². The third-order valence-electron chi connectivity index (χ3n) is 5.91. The first-order chi connectivity index (χ1) is 17.1. The van der Waals surface area contributed by atoms with Crippen molar-refractivity contribution in [3.8, 4) is 17.4 Å². The third kappa shape index (κ3) is 6.19. The summed E-state index contributed by atoms with van der Waals surface area (Å²) < 4.78 is 30.3. The van der Waals surface area contributed by atoms with Crippen molar-refractivity contribution < 1.29 is 13.2 Å². The molecule has 1 saturated heterocycles. The zero-order chi connectivity index (χ0) is 25.9. The fourth-order valence-electron chi connectivity index (χ4n) is 4.03. The Bertz CT molecular complexity index is 1300. The Hall–Kier alpha value is -3.49. The highest BCUT2D eigenvalue weighted by molar-refractivity contribution is 7.88. The average Bonchev–Trinajstić information content (AvgIpc) is 2.83. The van der Waals surface area contributed by atoms with Gasteiger partial charge in [-0.2, -0.15) is 14.3 Å². The molecule has 13 nitrogen and oxygen atoms in total. The van der Waals surface area contributed by atoms with Crippen LogP contribution in [0.2, 0.25) is 0 Å². The SMILES string of the molecule is COc1ncc(Nc2ncc(CCN3CCN(S(C)(=O)=O)CC3C)cc2-c2nc(C)nc(N)n2)cn1.